The van der Waals surface area contributed by atoms with E-state index in [-0.39, 0.29) is 5.69 Å². The summed E-state index contributed by atoms with van der Waals surface area (Å²) in [5.41, 5.74) is 0.696. The van der Waals surface area contributed by atoms with E-state index in [9.17, 15) is 10.1 Å². The topological polar surface area (TPSA) is 73.6 Å². The van der Waals surface area contributed by atoms with E-state index in [1.54, 1.807) is 13.1 Å². The monoisotopic (exact) mass is 252 g/mol. The van der Waals surface area contributed by atoms with E-state index in [0.29, 0.717) is 30.6 Å². The van der Waals surface area contributed by atoms with Gasteiger partial charge in [-0.25, -0.2) is 0 Å². The van der Waals surface area contributed by atoms with Crippen LogP contribution in [0.4, 0.5) is 11.4 Å². The third-order valence-electron chi connectivity index (χ3n) is 2.90. The second-order valence-electron chi connectivity index (χ2n) is 4.26. The molecular formula is C12H16N2O4. The highest BCUT2D eigenvalue weighted by Crippen LogP contribution is 2.26. The largest absolute Gasteiger partial charge is 0.493 e. The molecule has 6 nitrogen and oxygen atoms in total. The van der Waals surface area contributed by atoms with Crippen LogP contribution in [-0.4, -0.2) is 31.8 Å². The highest BCUT2D eigenvalue weighted by atomic mass is 16.6. The van der Waals surface area contributed by atoms with Crippen molar-refractivity contribution in [2.45, 2.75) is 6.42 Å². The lowest BCUT2D eigenvalue weighted by atomic mass is 10.1. The van der Waals surface area contributed by atoms with Crippen LogP contribution >= 0.6 is 0 Å². The highest BCUT2D eigenvalue weighted by molar-refractivity contribution is 5.56. The number of nitrogens with one attached hydrogen (secondary N) is 1. The molecule has 1 aromatic rings. The van der Waals surface area contributed by atoms with Crippen LogP contribution in [0.1, 0.15) is 6.42 Å². The van der Waals surface area contributed by atoms with Crippen LogP contribution in [0.3, 0.4) is 0 Å². The Hall–Kier alpha value is -1.82. The summed E-state index contributed by atoms with van der Waals surface area (Å²) >= 11 is 0. The van der Waals surface area contributed by atoms with Gasteiger partial charge in [0.25, 0.3) is 5.69 Å². The number of non-ortho nitro benzene ring substituents is 1. The van der Waals surface area contributed by atoms with Gasteiger partial charge in [-0.15, -0.1) is 0 Å². The maximum atomic E-state index is 10.8. The van der Waals surface area contributed by atoms with Crippen LogP contribution in [0.2, 0.25) is 0 Å². The summed E-state index contributed by atoms with van der Waals surface area (Å²) in [6, 6.07) is 4.67. The molecular weight excluding hydrogens is 236 g/mol. The van der Waals surface area contributed by atoms with Crippen molar-refractivity contribution in [1.29, 1.82) is 0 Å². The number of hydrogen-bond acceptors (Lipinski definition) is 5. The Morgan fingerprint density at radius 1 is 1.56 bits per heavy atom. The molecule has 6 heteroatoms. The minimum Gasteiger partial charge on any atom is -0.493 e. The van der Waals surface area contributed by atoms with E-state index in [1.807, 2.05) is 0 Å². The van der Waals surface area contributed by atoms with Crippen LogP contribution in [-0.2, 0) is 4.74 Å². The lowest BCUT2D eigenvalue weighted by molar-refractivity contribution is -0.384. The molecule has 0 saturated carbocycles. The normalized spacial score (nSPS) is 18.6. The molecule has 2 rings (SSSR count). The van der Waals surface area contributed by atoms with Crippen molar-refractivity contribution in [3.63, 3.8) is 0 Å². The first-order valence-corrected chi connectivity index (χ1v) is 5.87. The number of nitrogens with zero attached hydrogens (tertiary/aromatic N) is 1. The Morgan fingerprint density at radius 3 is 3.00 bits per heavy atom. The van der Waals surface area contributed by atoms with Gasteiger partial charge >= 0.3 is 0 Å². The number of anilines is 1. The van der Waals surface area contributed by atoms with Gasteiger partial charge in [0.05, 0.1) is 24.2 Å². The first-order valence-electron chi connectivity index (χ1n) is 5.87. The van der Waals surface area contributed by atoms with Gasteiger partial charge in [-0.2, -0.15) is 0 Å². The molecule has 0 aromatic heterocycles. The fraction of sp³-hybridized carbons (Fsp3) is 0.500. The molecule has 1 N–H and O–H groups in total. The molecule has 1 aliphatic heterocycles. The molecule has 0 aliphatic carbocycles. The Kier molecular flexibility index (Phi) is 3.99. The van der Waals surface area contributed by atoms with E-state index in [0.717, 1.165) is 13.0 Å². The van der Waals surface area contributed by atoms with Crippen molar-refractivity contribution in [3.05, 3.63) is 28.3 Å². The molecule has 0 radical (unpaired) electrons. The fourth-order valence-electron chi connectivity index (χ4n) is 1.85. The summed E-state index contributed by atoms with van der Waals surface area (Å²) in [5, 5.41) is 13.7. The van der Waals surface area contributed by atoms with Crippen LogP contribution < -0.4 is 10.1 Å². The summed E-state index contributed by atoms with van der Waals surface area (Å²) in [6.45, 7) is 2.00. The zero-order chi connectivity index (χ0) is 13.0. The lowest BCUT2D eigenvalue weighted by Crippen LogP contribution is -2.11. The number of nitro benzene ring substituents is 1. The summed E-state index contributed by atoms with van der Waals surface area (Å²) in [4.78, 5) is 10.4. The van der Waals surface area contributed by atoms with E-state index in [4.69, 9.17) is 9.47 Å². The lowest BCUT2D eigenvalue weighted by Gasteiger charge is -2.11. The van der Waals surface area contributed by atoms with Crippen molar-refractivity contribution in [3.8, 4) is 5.75 Å². The molecule has 1 saturated heterocycles. The molecule has 1 aromatic carbocycles. The second-order valence-corrected chi connectivity index (χ2v) is 4.26. The highest BCUT2D eigenvalue weighted by Gasteiger charge is 2.17. The van der Waals surface area contributed by atoms with Gasteiger partial charge in [0.2, 0.25) is 0 Å². The first-order chi connectivity index (χ1) is 8.69. The molecule has 18 heavy (non-hydrogen) atoms. The Bertz CT molecular complexity index is 430. The fourth-order valence-corrected chi connectivity index (χ4v) is 1.85. The van der Waals surface area contributed by atoms with Gasteiger partial charge in [-0.1, -0.05) is 0 Å². The number of ether oxygens (including phenoxy) is 2. The van der Waals surface area contributed by atoms with Crippen molar-refractivity contribution in [1.82, 2.24) is 0 Å². The van der Waals surface area contributed by atoms with Crippen LogP contribution in [0.25, 0.3) is 0 Å². The predicted molar refractivity (Wildman–Crippen MR) is 67.1 cm³/mol. The quantitative estimate of drug-likeness (QED) is 0.641. The van der Waals surface area contributed by atoms with Gasteiger partial charge in [0.1, 0.15) is 5.75 Å². The molecule has 0 spiro atoms. The molecule has 1 unspecified atom stereocenters. The molecule has 0 amide bonds. The second kappa shape index (κ2) is 5.68. The van der Waals surface area contributed by atoms with Crippen LogP contribution in [0.5, 0.6) is 5.75 Å². The van der Waals surface area contributed by atoms with Gasteiger partial charge in [0, 0.05) is 37.4 Å². The minimum atomic E-state index is -0.424. The smallest absolute Gasteiger partial charge is 0.275 e. The van der Waals surface area contributed by atoms with E-state index >= 15 is 0 Å². The summed E-state index contributed by atoms with van der Waals surface area (Å²) in [6.07, 6.45) is 0.980. The average Bonchev–Trinajstić information content (AvgIpc) is 2.89. The number of benzene rings is 1. The molecule has 1 fully saturated rings. The van der Waals surface area contributed by atoms with Gasteiger partial charge in [-0.05, 0) is 6.42 Å². The van der Waals surface area contributed by atoms with E-state index in [2.05, 4.69) is 5.32 Å². The summed E-state index contributed by atoms with van der Waals surface area (Å²) in [5.74, 6) is 0.891. The number of hydrogen-bond donors (Lipinski definition) is 1. The van der Waals surface area contributed by atoms with Crippen molar-refractivity contribution < 1.29 is 14.4 Å². The average molecular weight is 252 g/mol. The van der Waals surface area contributed by atoms with Crippen LogP contribution in [0, 0.1) is 16.0 Å². The van der Waals surface area contributed by atoms with E-state index in [1.165, 1.54) is 12.1 Å². The van der Waals surface area contributed by atoms with Crippen LogP contribution in [0.15, 0.2) is 18.2 Å². The number of nitro groups is 1. The minimum absolute atomic E-state index is 0.0273. The van der Waals surface area contributed by atoms with Crippen molar-refractivity contribution >= 4 is 11.4 Å². The van der Waals surface area contributed by atoms with E-state index < -0.39 is 4.92 Å². The maximum absolute atomic E-state index is 10.8. The molecule has 1 heterocycles. The van der Waals surface area contributed by atoms with Gasteiger partial charge in [0.15, 0.2) is 0 Å². The summed E-state index contributed by atoms with van der Waals surface area (Å²) < 4.78 is 10.9. The van der Waals surface area contributed by atoms with Gasteiger partial charge < -0.3 is 14.8 Å². The molecule has 98 valence electrons. The zero-order valence-electron chi connectivity index (χ0n) is 10.2. The van der Waals surface area contributed by atoms with Crippen molar-refractivity contribution in [2.24, 2.45) is 5.92 Å². The zero-order valence-corrected chi connectivity index (χ0v) is 10.2. The third-order valence-corrected chi connectivity index (χ3v) is 2.90. The predicted octanol–water partition coefficient (Wildman–Crippen LogP) is 2.05. The number of rotatable bonds is 5. The SMILES string of the molecule is CNc1cc(OCC2CCOC2)cc([N+](=O)[O-])c1. The Balaban J connectivity index is 2.05. The van der Waals surface area contributed by atoms with Gasteiger partial charge in [-0.3, -0.25) is 10.1 Å². The van der Waals surface area contributed by atoms with Crippen molar-refractivity contribution in [2.75, 3.05) is 32.2 Å². The first kappa shape index (κ1) is 12.6. The maximum Gasteiger partial charge on any atom is 0.275 e. The third kappa shape index (κ3) is 3.10. The molecule has 0 bridgehead atoms. The standard InChI is InChI=1S/C12H16N2O4/c1-13-10-4-11(14(15)16)6-12(5-10)18-8-9-2-3-17-7-9/h4-6,9,13H,2-3,7-8H2,1H3. The summed E-state index contributed by atoms with van der Waals surface area (Å²) in [7, 11) is 1.72. The molecule has 1 aliphatic rings. The Labute approximate surface area is 105 Å². The Morgan fingerprint density at radius 2 is 2.39 bits per heavy atom. The molecule has 1 atom stereocenters.